The summed E-state index contributed by atoms with van der Waals surface area (Å²) >= 11 is 0.588. The van der Waals surface area contributed by atoms with Gasteiger partial charge in [0.05, 0.1) is 6.04 Å². The van der Waals surface area contributed by atoms with Crippen molar-refractivity contribution < 1.29 is 13.2 Å². The molecule has 0 aromatic carbocycles. The van der Waals surface area contributed by atoms with Crippen molar-refractivity contribution in [1.29, 1.82) is 0 Å². The summed E-state index contributed by atoms with van der Waals surface area (Å²) in [6, 6.07) is 1.83. The van der Waals surface area contributed by atoms with E-state index in [1.165, 1.54) is 0 Å². The quantitative estimate of drug-likeness (QED) is 0.851. The molecule has 0 N–H and O–H groups in total. The van der Waals surface area contributed by atoms with Gasteiger partial charge in [-0.1, -0.05) is 11.3 Å². The zero-order valence-corrected chi connectivity index (χ0v) is 13.2. The third-order valence-electron chi connectivity index (χ3n) is 3.75. The van der Waals surface area contributed by atoms with Crippen molar-refractivity contribution in [3.05, 3.63) is 29.3 Å². The minimum Gasteiger partial charge on any atom is -0.344 e. The van der Waals surface area contributed by atoms with Crippen LogP contribution in [0.15, 0.2) is 18.5 Å². The molecule has 1 unspecified atom stereocenters. The number of aromatic nitrogens is 4. The van der Waals surface area contributed by atoms with E-state index in [9.17, 15) is 13.2 Å². The first-order chi connectivity index (χ1) is 10.9. The zero-order chi connectivity index (χ0) is 16.4. The SMILES string of the molecule is CC(c1ncccn1)N1CCN(c2nnc(C(F)(F)F)s2)CC1. The first-order valence-electron chi connectivity index (χ1n) is 7.12. The van der Waals surface area contributed by atoms with Gasteiger partial charge < -0.3 is 4.90 Å². The zero-order valence-electron chi connectivity index (χ0n) is 12.4. The number of piperazine rings is 1. The molecule has 0 amide bonds. The molecule has 3 rings (SSSR count). The predicted molar refractivity (Wildman–Crippen MR) is 79.1 cm³/mol. The molecule has 1 aliphatic rings. The van der Waals surface area contributed by atoms with E-state index in [-0.39, 0.29) is 6.04 Å². The summed E-state index contributed by atoms with van der Waals surface area (Å²) in [5.41, 5.74) is 0. The average Bonchev–Trinajstić information content (AvgIpc) is 3.05. The van der Waals surface area contributed by atoms with Gasteiger partial charge in [-0.2, -0.15) is 13.2 Å². The molecule has 10 heteroatoms. The van der Waals surface area contributed by atoms with Crippen molar-refractivity contribution in [1.82, 2.24) is 25.1 Å². The molecule has 2 aromatic heterocycles. The topological polar surface area (TPSA) is 58.0 Å². The second kappa shape index (κ2) is 6.36. The predicted octanol–water partition coefficient (Wildman–Crippen LogP) is 2.23. The molecule has 6 nitrogen and oxygen atoms in total. The standard InChI is InChI=1S/C13H15F3N6S/c1-9(10-17-3-2-4-18-10)21-5-7-22(8-6-21)12-20-19-11(23-12)13(14,15)16/h2-4,9H,5-8H2,1H3. The van der Waals surface area contributed by atoms with Gasteiger partial charge in [-0.15, -0.1) is 10.2 Å². The van der Waals surface area contributed by atoms with Crippen molar-refractivity contribution in [3.63, 3.8) is 0 Å². The van der Waals surface area contributed by atoms with Crippen molar-refractivity contribution in [2.75, 3.05) is 31.1 Å². The molecule has 0 spiro atoms. The van der Waals surface area contributed by atoms with E-state index in [1.54, 1.807) is 18.5 Å². The Bertz CT molecular complexity index is 639. The molecule has 23 heavy (non-hydrogen) atoms. The molecule has 0 bridgehead atoms. The monoisotopic (exact) mass is 344 g/mol. The van der Waals surface area contributed by atoms with Gasteiger partial charge in [0.25, 0.3) is 0 Å². The Morgan fingerprint density at radius 3 is 2.30 bits per heavy atom. The smallest absolute Gasteiger partial charge is 0.344 e. The fraction of sp³-hybridized carbons (Fsp3) is 0.538. The van der Waals surface area contributed by atoms with E-state index in [2.05, 4.69) is 25.1 Å². The maximum atomic E-state index is 12.6. The third-order valence-corrected chi connectivity index (χ3v) is 4.78. The van der Waals surface area contributed by atoms with Crippen LogP contribution in [0.2, 0.25) is 0 Å². The number of hydrogen-bond acceptors (Lipinski definition) is 7. The van der Waals surface area contributed by atoms with Gasteiger partial charge in [0, 0.05) is 38.6 Å². The first kappa shape index (κ1) is 16.1. The number of alkyl halides is 3. The molecule has 0 saturated carbocycles. The lowest BCUT2D eigenvalue weighted by Gasteiger charge is -2.37. The molecule has 1 fully saturated rings. The van der Waals surface area contributed by atoms with E-state index in [0.717, 1.165) is 5.82 Å². The lowest BCUT2D eigenvalue weighted by Crippen LogP contribution is -2.47. The lowest BCUT2D eigenvalue weighted by atomic mass is 10.2. The molecule has 1 atom stereocenters. The van der Waals surface area contributed by atoms with Gasteiger partial charge in [0.1, 0.15) is 5.82 Å². The average molecular weight is 344 g/mol. The van der Waals surface area contributed by atoms with Crippen LogP contribution in [-0.4, -0.2) is 51.2 Å². The number of rotatable bonds is 3. The van der Waals surface area contributed by atoms with Gasteiger partial charge in [0.2, 0.25) is 10.1 Å². The Hall–Kier alpha value is -1.81. The molecule has 2 aromatic rings. The van der Waals surface area contributed by atoms with Crippen LogP contribution >= 0.6 is 11.3 Å². The molecular formula is C13H15F3N6S. The number of halogens is 3. The lowest BCUT2D eigenvalue weighted by molar-refractivity contribution is -0.138. The second-order valence-corrected chi connectivity index (χ2v) is 6.15. The van der Waals surface area contributed by atoms with Gasteiger partial charge in [0.15, 0.2) is 0 Å². The van der Waals surface area contributed by atoms with Gasteiger partial charge in [-0.25, -0.2) is 9.97 Å². The highest BCUT2D eigenvalue weighted by Gasteiger charge is 2.36. The summed E-state index contributed by atoms with van der Waals surface area (Å²) in [5.74, 6) is 0.747. The Labute approximate surface area is 135 Å². The van der Waals surface area contributed by atoms with Gasteiger partial charge >= 0.3 is 6.18 Å². The summed E-state index contributed by atoms with van der Waals surface area (Å²) in [7, 11) is 0. The highest BCUT2D eigenvalue weighted by molar-refractivity contribution is 7.15. The molecule has 0 radical (unpaired) electrons. The van der Waals surface area contributed by atoms with E-state index < -0.39 is 11.2 Å². The molecule has 1 aliphatic heterocycles. The van der Waals surface area contributed by atoms with Crippen LogP contribution in [0.3, 0.4) is 0 Å². The van der Waals surface area contributed by atoms with Crippen molar-refractivity contribution in [2.24, 2.45) is 0 Å². The number of hydrogen-bond donors (Lipinski definition) is 0. The van der Waals surface area contributed by atoms with Crippen molar-refractivity contribution in [2.45, 2.75) is 19.1 Å². The third kappa shape index (κ3) is 3.58. The van der Waals surface area contributed by atoms with Crippen molar-refractivity contribution >= 4 is 16.5 Å². The number of nitrogens with zero attached hydrogens (tertiary/aromatic N) is 6. The van der Waals surface area contributed by atoms with Crippen LogP contribution in [0.1, 0.15) is 23.8 Å². The summed E-state index contributed by atoms with van der Waals surface area (Å²) in [6.45, 7) is 4.64. The second-order valence-electron chi connectivity index (χ2n) is 5.19. The first-order valence-corrected chi connectivity index (χ1v) is 7.93. The molecule has 1 saturated heterocycles. The largest absolute Gasteiger partial charge is 0.445 e. The van der Waals surface area contributed by atoms with Gasteiger partial charge in [-0.3, -0.25) is 4.90 Å². The maximum absolute atomic E-state index is 12.6. The summed E-state index contributed by atoms with van der Waals surface area (Å²) in [4.78, 5) is 12.5. The van der Waals surface area contributed by atoms with E-state index in [1.807, 2.05) is 11.8 Å². The Morgan fingerprint density at radius 2 is 1.74 bits per heavy atom. The Kier molecular flexibility index (Phi) is 4.44. The Balaban J connectivity index is 1.61. The van der Waals surface area contributed by atoms with E-state index in [4.69, 9.17) is 0 Å². The van der Waals surface area contributed by atoms with Crippen LogP contribution in [0.4, 0.5) is 18.3 Å². The Morgan fingerprint density at radius 1 is 1.09 bits per heavy atom. The fourth-order valence-electron chi connectivity index (χ4n) is 2.45. The van der Waals surface area contributed by atoms with E-state index >= 15 is 0 Å². The summed E-state index contributed by atoms with van der Waals surface area (Å²) in [6.07, 6.45) is -1.03. The molecular weight excluding hydrogens is 329 g/mol. The highest BCUT2D eigenvalue weighted by atomic mass is 32.1. The minimum absolute atomic E-state index is 0.0681. The minimum atomic E-state index is -4.43. The molecule has 3 heterocycles. The summed E-state index contributed by atoms with van der Waals surface area (Å²) in [5, 5.41) is 6.32. The van der Waals surface area contributed by atoms with Crippen LogP contribution in [0.5, 0.6) is 0 Å². The molecule has 124 valence electrons. The van der Waals surface area contributed by atoms with Crippen LogP contribution in [0.25, 0.3) is 0 Å². The maximum Gasteiger partial charge on any atom is 0.445 e. The molecule has 0 aliphatic carbocycles. The van der Waals surface area contributed by atoms with E-state index in [0.29, 0.717) is 42.6 Å². The normalized spacial score (nSPS) is 18.2. The fourth-order valence-corrected chi connectivity index (χ4v) is 3.21. The highest BCUT2D eigenvalue weighted by Crippen LogP contribution is 2.34. The summed E-state index contributed by atoms with van der Waals surface area (Å²) < 4.78 is 37.8. The van der Waals surface area contributed by atoms with Crippen LogP contribution < -0.4 is 4.90 Å². The van der Waals surface area contributed by atoms with Crippen molar-refractivity contribution in [3.8, 4) is 0 Å². The van der Waals surface area contributed by atoms with Crippen LogP contribution in [-0.2, 0) is 6.18 Å². The van der Waals surface area contributed by atoms with Gasteiger partial charge in [-0.05, 0) is 13.0 Å². The van der Waals surface area contributed by atoms with Crippen LogP contribution in [0, 0.1) is 0 Å². The number of anilines is 1.